The van der Waals surface area contributed by atoms with Crippen molar-refractivity contribution in [1.82, 2.24) is 0 Å². The van der Waals surface area contributed by atoms with Crippen LogP contribution in [0.25, 0.3) is 0 Å². The van der Waals surface area contributed by atoms with Gasteiger partial charge in [-0.05, 0) is 26.7 Å². The van der Waals surface area contributed by atoms with Gasteiger partial charge in [-0.2, -0.15) is 0 Å². The Kier molecular flexibility index (Phi) is 7.51. The van der Waals surface area contributed by atoms with Gasteiger partial charge in [0.1, 0.15) is 5.78 Å². The monoisotopic (exact) mass is 192 g/mol. The smallest absolute Gasteiger partial charge is 0.133 e. The fraction of sp³-hybridized carbons (Fsp3) is 0.889. The molecule has 1 unspecified atom stereocenters. The number of carbonyl (C=O) groups excluding carboxylic acids is 1. The molecule has 0 saturated carbocycles. The van der Waals surface area contributed by atoms with Crippen LogP contribution in [0.3, 0.4) is 0 Å². The number of carbonyl (C=O) groups is 1. The second kappa shape index (κ2) is 7.56. The van der Waals surface area contributed by atoms with Crippen LogP contribution in [0.5, 0.6) is 0 Å². The maximum Gasteiger partial charge on any atom is 0.133 e. The molecule has 0 aromatic heterocycles. The molecule has 0 aliphatic rings. The van der Waals surface area contributed by atoms with Crippen molar-refractivity contribution >= 4 is 17.4 Å². The van der Waals surface area contributed by atoms with Gasteiger partial charge in [-0.25, -0.2) is 0 Å². The lowest BCUT2D eigenvalue weighted by atomic mass is 9.99. The fourth-order valence-electron chi connectivity index (χ4n) is 1.05. The lowest BCUT2D eigenvalue weighted by Gasteiger charge is -2.11. The molecule has 0 amide bonds. The number of hydrogen-bond acceptors (Lipinski definition) is 2. The van der Waals surface area contributed by atoms with E-state index in [0.717, 1.165) is 12.8 Å². The lowest BCUT2D eigenvalue weighted by molar-refractivity contribution is -0.121. The summed E-state index contributed by atoms with van der Waals surface area (Å²) in [6, 6.07) is 0. The lowest BCUT2D eigenvalue weighted by Crippen LogP contribution is -2.14. The number of rotatable bonds is 7. The summed E-state index contributed by atoms with van der Waals surface area (Å²) >= 11 is 5.56. The first kappa shape index (κ1) is 11.9. The molecule has 72 valence electrons. The number of hydrogen-bond donors (Lipinski definition) is 0. The average Bonchev–Trinajstić information content (AvgIpc) is 2.03. The Morgan fingerprint density at radius 3 is 2.58 bits per heavy atom. The van der Waals surface area contributed by atoms with E-state index < -0.39 is 0 Å². The van der Waals surface area contributed by atoms with Gasteiger partial charge < -0.3 is 4.74 Å². The zero-order valence-corrected chi connectivity index (χ0v) is 8.56. The Labute approximate surface area is 79.2 Å². The normalized spacial score (nSPS) is 12.9. The molecular formula is C9H17ClO2. The maximum absolute atomic E-state index is 11.0. The summed E-state index contributed by atoms with van der Waals surface area (Å²) in [5, 5.41) is 0. The van der Waals surface area contributed by atoms with E-state index >= 15 is 0 Å². The Hall–Kier alpha value is -0.0800. The van der Waals surface area contributed by atoms with Crippen molar-refractivity contribution in [3.05, 3.63) is 0 Å². The summed E-state index contributed by atoms with van der Waals surface area (Å²) < 4.78 is 5.17. The van der Waals surface area contributed by atoms with E-state index in [1.807, 2.05) is 6.92 Å². The van der Waals surface area contributed by atoms with Crippen molar-refractivity contribution in [2.75, 3.05) is 19.1 Å². The van der Waals surface area contributed by atoms with Crippen LogP contribution in [0.2, 0.25) is 0 Å². The number of alkyl halides is 1. The molecule has 0 rings (SSSR count). The van der Waals surface area contributed by atoms with E-state index in [1.165, 1.54) is 0 Å². The molecule has 0 saturated heterocycles. The maximum atomic E-state index is 11.0. The van der Waals surface area contributed by atoms with Gasteiger partial charge in [0.2, 0.25) is 0 Å². The van der Waals surface area contributed by atoms with Crippen LogP contribution >= 0.6 is 11.6 Å². The first-order valence-corrected chi connectivity index (χ1v) is 4.90. The van der Waals surface area contributed by atoms with Gasteiger partial charge in [0, 0.05) is 25.0 Å². The second-order valence-electron chi connectivity index (χ2n) is 2.77. The molecule has 2 nitrogen and oxygen atoms in total. The first-order chi connectivity index (χ1) is 5.72. The highest BCUT2D eigenvalue weighted by Gasteiger charge is 2.12. The predicted molar refractivity (Wildman–Crippen MR) is 50.6 cm³/mol. The van der Waals surface area contributed by atoms with Gasteiger partial charge in [0.05, 0.1) is 0 Å². The minimum Gasteiger partial charge on any atom is -0.382 e. The standard InChI is InChI=1S/C9H17ClO2/c1-3-12-7-5-9(4-6-10)8(2)11/h9H,3-7H2,1-2H3. The minimum absolute atomic E-state index is 0.0917. The first-order valence-electron chi connectivity index (χ1n) is 4.36. The van der Waals surface area contributed by atoms with E-state index in [9.17, 15) is 4.79 Å². The van der Waals surface area contributed by atoms with Crippen molar-refractivity contribution in [2.24, 2.45) is 5.92 Å². The zero-order valence-electron chi connectivity index (χ0n) is 7.81. The van der Waals surface area contributed by atoms with E-state index in [2.05, 4.69) is 0 Å². The van der Waals surface area contributed by atoms with Crippen LogP contribution in [0.15, 0.2) is 0 Å². The Bertz CT molecular complexity index is 126. The third-order valence-electron chi connectivity index (χ3n) is 1.85. The molecule has 0 bridgehead atoms. The molecule has 0 heterocycles. The van der Waals surface area contributed by atoms with Crippen molar-refractivity contribution in [3.8, 4) is 0 Å². The highest BCUT2D eigenvalue weighted by Crippen LogP contribution is 2.10. The third kappa shape index (κ3) is 5.56. The SMILES string of the molecule is CCOCCC(CCCl)C(C)=O. The topological polar surface area (TPSA) is 26.3 Å². The van der Waals surface area contributed by atoms with Crippen molar-refractivity contribution in [2.45, 2.75) is 26.7 Å². The zero-order chi connectivity index (χ0) is 9.40. The molecule has 0 spiro atoms. The summed E-state index contributed by atoms with van der Waals surface area (Å²) in [6.45, 7) is 4.94. The average molecular weight is 193 g/mol. The Morgan fingerprint density at radius 2 is 2.17 bits per heavy atom. The molecular weight excluding hydrogens is 176 g/mol. The summed E-state index contributed by atoms with van der Waals surface area (Å²) in [5.41, 5.74) is 0. The molecule has 0 aliphatic heterocycles. The highest BCUT2D eigenvalue weighted by molar-refractivity contribution is 6.18. The van der Waals surface area contributed by atoms with Crippen molar-refractivity contribution < 1.29 is 9.53 Å². The highest BCUT2D eigenvalue weighted by atomic mass is 35.5. The summed E-state index contributed by atoms with van der Waals surface area (Å²) in [4.78, 5) is 11.0. The third-order valence-corrected chi connectivity index (χ3v) is 2.07. The Balaban J connectivity index is 3.56. The molecule has 12 heavy (non-hydrogen) atoms. The molecule has 3 heteroatoms. The predicted octanol–water partition coefficient (Wildman–Crippen LogP) is 2.25. The number of ether oxygens (including phenoxy) is 1. The number of halogens is 1. The minimum atomic E-state index is 0.0917. The van der Waals surface area contributed by atoms with Crippen LogP contribution in [0.1, 0.15) is 26.7 Å². The summed E-state index contributed by atoms with van der Waals surface area (Å²) in [6.07, 6.45) is 1.57. The van der Waals surface area contributed by atoms with Crippen molar-refractivity contribution in [3.63, 3.8) is 0 Å². The van der Waals surface area contributed by atoms with E-state index in [1.54, 1.807) is 6.92 Å². The van der Waals surface area contributed by atoms with Gasteiger partial charge in [-0.3, -0.25) is 4.79 Å². The fourth-order valence-corrected chi connectivity index (χ4v) is 1.32. The molecule has 1 atom stereocenters. The quantitative estimate of drug-likeness (QED) is 0.457. The van der Waals surface area contributed by atoms with Crippen LogP contribution < -0.4 is 0 Å². The van der Waals surface area contributed by atoms with Crippen LogP contribution in [-0.4, -0.2) is 24.9 Å². The van der Waals surface area contributed by atoms with E-state index in [0.29, 0.717) is 19.1 Å². The van der Waals surface area contributed by atoms with Crippen molar-refractivity contribution in [1.29, 1.82) is 0 Å². The molecule has 0 aromatic carbocycles. The molecule has 0 aliphatic carbocycles. The number of Topliss-reactive ketones (excluding diaryl/α,β-unsaturated/α-hetero) is 1. The van der Waals surface area contributed by atoms with Gasteiger partial charge >= 0.3 is 0 Å². The largest absolute Gasteiger partial charge is 0.382 e. The molecule has 0 aromatic rings. The number of ketones is 1. The van der Waals surface area contributed by atoms with Gasteiger partial charge in [0.25, 0.3) is 0 Å². The molecule has 0 radical (unpaired) electrons. The van der Waals surface area contributed by atoms with Crippen LogP contribution in [0, 0.1) is 5.92 Å². The molecule has 0 N–H and O–H groups in total. The van der Waals surface area contributed by atoms with Gasteiger partial charge in [-0.1, -0.05) is 0 Å². The van der Waals surface area contributed by atoms with E-state index in [4.69, 9.17) is 16.3 Å². The van der Waals surface area contributed by atoms with Gasteiger partial charge in [0.15, 0.2) is 0 Å². The Morgan fingerprint density at radius 1 is 1.50 bits per heavy atom. The molecule has 0 fully saturated rings. The van der Waals surface area contributed by atoms with E-state index in [-0.39, 0.29) is 11.7 Å². The van der Waals surface area contributed by atoms with Crippen LogP contribution in [0.4, 0.5) is 0 Å². The summed E-state index contributed by atoms with van der Waals surface area (Å²) in [5.74, 6) is 0.862. The van der Waals surface area contributed by atoms with Crippen LogP contribution in [-0.2, 0) is 9.53 Å². The second-order valence-corrected chi connectivity index (χ2v) is 3.15. The van der Waals surface area contributed by atoms with Gasteiger partial charge in [-0.15, -0.1) is 11.6 Å². The summed E-state index contributed by atoms with van der Waals surface area (Å²) in [7, 11) is 0.